The fourth-order valence-electron chi connectivity index (χ4n) is 2.42. The first-order valence-electron chi connectivity index (χ1n) is 9.54. The molecule has 1 aromatic carbocycles. The van der Waals surface area contributed by atoms with Crippen LogP contribution >= 0.6 is 0 Å². The van der Waals surface area contributed by atoms with E-state index in [9.17, 15) is 0 Å². The maximum Gasteiger partial charge on any atom is 0.500 e. The Morgan fingerprint density at radius 2 is 1.48 bits per heavy atom. The zero-order valence-corrected chi connectivity index (χ0v) is 17.6. The van der Waals surface area contributed by atoms with Gasteiger partial charge in [0.15, 0.2) is 0 Å². The Kier molecular flexibility index (Phi) is 16.2. The molecule has 0 aliphatic heterocycles. The van der Waals surface area contributed by atoms with Crippen LogP contribution < -0.4 is 11.1 Å². The summed E-state index contributed by atoms with van der Waals surface area (Å²) >= 11 is 0. The smallest absolute Gasteiger partial charge is 0.374 e. The van der Waals surface area contributed by atoms with E-state index in [1.165, 1.54) is 5.56 Å². The van der Waals surface area contributed by atoms with E-state index in [1.807, 2.05) is 39.0 Å². The molecule has 0 saturated heterocycles. The van der Waals surface area contributed by atoms with Gasteiger partial charge in [0, 0.05) is 25.9 Å². The molecule has 25 heavy (non-hydrogen) atoms. The van der Waals surface area contributed by atoms with Gasteiger partial charge in [-0.05, 0) is 58.8 Å². The third-order valence-corrected chi connectivity index (χ3v) is 6.61. The fraction of sp³-hybridized carbons (Fsp3) is 0.684. The van der Waals surface area contributed by atoms with Crippen molar-refractivity contribution in [1.29, 1.82) is 0 Å². The molecule has 0 saturated carbocycles. The molecule has 0 heterocycles. The van der Waals surface area contributed by atoms with E-state index in [4.69, 9.17) is 19.0 Å². The van der Waals surface area contributed by atoms with E-state index in [-0.39, 0.29) is 0 Å². The largest absolute Gasteiger partial charge is 0.500 e. The molecule has 0 aliphatic rings. The predicted octanol–water partition coefficient (Wildman–Crippen LogP) is 3.22. The summed E-state index contributed by atoms with van der Waals surface area (Å²) in [6, 6.07) is 11.2. The second kappa shape index (κ2) is 16.7. The molecule has 5 nitrogen and oxygen atoms in total. The van der Waals surface area contributed by atoms with Crippen molar-refractivity contribution in [3.63, 3.8) is 0 Å². The Bertz CT molecular complexity index is 376. The van der Waals surface area contributed by atoms with Crippen molar-refractivity contribution in [2.24, 2.45) is 5.73 Å². The van der Waals surface area contributed by atoms with Crippen LogP contribution in [0.5, 0.6) is 0 Å². The lowest BCUT2D eigenvalue weighted by atomic mass is 10.2. The van der Waals surface area contributed by atoms with Crippen LogP contribution in [0.1, 0.15) is 39.7 Å². The summed E-state index contributed by atoms with van der Waals surface area (Å²) < 4.78 is 17.3. The Balaban J connectivity index is 0.000000535. The highest BCUT2D eigenvalue weighted by Gasteiger charge is 2.39. The molecule has 0 atom stereocenters. The first kappa shape index (κ1) is 24.2. The summed E-state index contributed by atoms with van der Waals surface area (Å²) in [6.45, 7) is 12.8. The molecule has 1 rings (SSSR count). The van der Waals surface area contributed by atoms with Gasteiger partial charge < -0.3 is 24.3 Å². The molecule has 0 bridgehead atoms. The third kappa shape index (κ3) is 12.3. The van der Waals surface area contributed by atoms with E-state index in [0.717, 1.165) is 38.5 Å². The lowest BCUT2D eigenvalue weighted by molar-refractivity contribution is 0.0708. The molecule has 1 aromatic rings. The van der Waals surface area contributed by atoms with E-state index < -0.39 is 8.80 Å². The molecule has 0 amide bonds. The number of rotatable bonds is 13. The van der Waals surface area contributed by atoms with Crippen LogP contribution in [0.15, 0.2) is 30.3 Å². The van der Waals surface area contributed by atoms with E-state index in [2.05, 4.69) is 24.4 Å². The van der Waals surface area contributed by atoms with Crippen LogP contribution in [-0.4, -0.2) is 48.3 Å². The molecular weight excluding hydrogens is 332 g/mol. The van der Waals surface area contributed by atoms with Crippen molar-refractivity contribution >= 4 is 8.80 Å². The lowest BCUT2D eigenvalue weighted by Crippen LogP contribution is -2.46. The Labute approximate surface area is 155 Å². The Morgan fingerprint density at radius 1 is 0.920 bits per heavy atom. The molecule has 6 heteroatoms. The zero-order valence-electron chi connectivity index (χ0n) is 16.6. The van der Waals surface area contributed by atoms with E-state index >= 15 is 0 Å². The van der Waals surface area contributed by atoms with Gasteiger partial charge in [-0.2, -0.15) is 0 Å². The lowest BCUT2D eigenvalue weighted by Gasteiger charge is -2.28. The van der Waals surface area contributed by atoms with Crippen molar-refractivity contribution in [3.05, 3.63) is 35.9 Å². The van der Waals surface area contributed by atoms with Crippen LogP contribution in [0, 0.1) is 0 Å². The monoisotopic (exact) mass is 370 g/mol. The van der Waals surface area contributed by atoms with E-state index in [1.54, 1.807) is 0 Å². The summed E-state index contributed by atoms with van der Waals surface area (Å²) in [7, 11) is -2.39. The summed E-state index contributed by atoms with van der Waals surface area (Å²) in [4.78, 5) is 0. The van der Waals surface area contributed by atoms with Gasteiger partial charge in [0.1, 0.15) is 0 Å². The minimum Gasteiger partial charge on any atom is -0.374 e. The molecule has 0 fully saturated rings. The zero-order chi connectivity index (χ0) is 18.8. The summed E-state index contributed by atoms with van der Waals surface area (Å²) in [5.74, 6) is 0. The minimum atomic E-state index is -2.39. The summed E-state index contributed by atoms with van der Waals surface area (Å²) in [6.07, 6.45) is 2.03. The number of nitrogens with two attached hydrogens (primary N) is 1. The van der Waals surface area contributed by atoms with Crippen molar-refractivity contribution in [3.8, 4) is 0 Å². The standard InChI is InChI=1S/C11H27NO3Si.C8H11N/c1-5-12-10-9-11-16(13-6-2,14-7-3)15-8-4;9-7-6-8-4-2-1-3-5-8/h12H,5-11H2,1-4H3;1-5H,6-7,9H2. The number of hydrogen-bond donors (Lipinski definition) is 2. The van der Waals surface area contributed by atoms with Gasteiger partial charge in [0.25, 0.3) is 0 Å². The van der Waals surface area contributed by atoms with Gasteiger partial charge in [0.2, 0.25) is 0 Å². The maximum atomic E-state index is 5.76. The molecule has 3 N–H and O–H groups in total. The third-order valence-electron chi connectivity index (χ3n) is 3.46. The van der Waals surface area contributed by atoms with Crippen molar-refractivity contribution in [2.45, 2.75) is 46.6 Å². The van der Waals surface area contributed by atoms with Crippen molar-refractivity contribution in [2.75, 3.05) is 39.5 Å². The van der Waals surface area contributed by atoms with Crippen LogP contribution in [0.4, 0.5) is 0 Å². The highest BCUT2D eigenvalue weighted by molar-refractivity contribution is 6.60. The SMILES string of the molecule is CCNCCC[Si](OCC)(OCC)OCC.NCCc1ccccc1. The topological polar surface area (TPSA) is 65.7 Å². The maximum absolute atomic E-state index is 5.76. The summed E-state index contributed by atoms with van der Waals surface area (Å²) in [5.41, 5.74) is 6.68. The highest BCUT2D eigenvalue weighted by Crippen LogP contribution is 2.17. The second-order valence-corrected chi connectivity index (χ2v) is 8.20. The fourth-order valence-corrected chi connectivity index (χ4v) is 5.03. The number of nitrogens with one attached hydrogen (secondary N) is 1. The van der Waals surface area contributed by atoms with Gasteiger partial charge in [-0.25, -0.2) is 0 Å². The summed E-state index contributed by atoms with van der Waals surface area (Å²) in [5, 5.41) is 3.30. The minimum absolute atomic E-state index is 0.660. The molecule has 146 valence electrons. The average molecular weight is 371 g/mol. The normalized spacial score (nSPS) is 11.1. The van der Waals surface area contributed by atoms with Crippen molar-refractivity contribution < 1.29 is 13.3 Å². The first-order chi connectivity index (χ1) is 12.2. The molecule has 0 aromatic heterocycles. The first-order valence-corrected chi connectivity index (χ1v) is 11.5. The Hall–Kier alpha value is -0.763. The van der Waals surface area contributed by atoms with Crippen LogP contribution in [0.3, 0.4) is 0 Å². The Morgan fingerprint density at radius 3 is 1.92 bits per heavy atom. The average Bonchev–Trinajstić information content (AvgIpc) is 2.61. The predicted molar refractivity (Wildman–Crippen MR) is 108 cm³/mol. The quantitative estimate of drug-likeness (QED) is 0.412. The number of benzene rings is 1. The molecule has 0 unspecified atom stereocenters. The van der Waals surface area contributed by atoms with Gasteiger partial charge in [-0.3, -0.25) is 0 Å². The molecule has 0 radical (unpaired) electrons. The van der Waals surface area contributed by atoms with Crippen LogP contribution in [-0.2, 0) is 19.7 Å². The molecule has 0 aliphatic carbocycles. The highest BCUT2D eigenvalue weighted by atomic mass is 28.4. The second-order valence-electron chi connectivity index (χ2n) is 5.46. The van der Waals surface area contributed by atoms with E-state index in [0.29, 0.717) is 19.8 Å². The van der Waals surface area contributed by atoms with Gasteiger partial charge in [0.05, 0.1) is 0 Å². The van der Waals surface area contributed by atoms with Gasteiger partial charge in [-0.15, -0.1) is 0 Å². The van der Waals surface area contributed by atoms with Gasteiger partial charge in [-0.1, -0.05) is 37.3 Å². The molecule has 0 spiro atoms. The van der Waals surface area contributed by atoms with Crippen LogP contribution in [0.25, 0.3) is 0 Å². The van der Waals surface area contributed by atoms with Gasteiger partial charge >= 0.3 is 8.80 Å². The van der Waals surface area contributed by atoms with Crippen LogP contribution in [0.2, 0.25) is 6.04 Å². The molecular formula is C19H38N2O3Si. The van der Waals surface area contributed by atoms with Crippen molar-refractivity contribution in [1.82, 2.24) is 5.32 Å². The number of hydrogen-bond acceptors (Lipinski definition) is 5.